The van der Waals surface area contributed by atoms with Gasteiger partial charge in [-0.3, -0.25) is 4.79 Å². The van der Waals surface area contributed by atoms with Gasteiger partial charge in [-0.1, -0.05) is 30.3 Å². The number of rotatable bonds is 2. The molecule has 0 aliphatic carbocycles. The molecule has 8 heteroatoms. The van der Waals surface area contributed by atoms with Crippen molar-refractivity contribution in [2.75, 3.05) is 31.6 Å². The number of carbonyl (C=O) groups is 1. The summed E-state index contributed by atoms with van der Waals surface area (Å²) in [5.41, 5.74) is -0.374. The van der Waals surface area contributed by atoms with Gasteiger partial charge in [-0.2, -0.15) is 13.2 Å². The smallest absolute Gasteiger partial charge is 0.364 e. The number of likely N-dealkylation sites (N-methyl/N-ethyl adjacent to an activating group) is 1. The van der Waals surface area contributed by atoms with Crippen LogP contribution in [-0.2, 0) is 21.2 Å². The number of carbonyl (C=O) groups excluding carboxylic acids is 1. The van der Waals surface area contributed by atoms with Crippen LogP contribution in [0.4, 0.5) is 19.0 Å². The molecule has 0 spiro atoms. The largest absolute Gasteiger partial charge is 0.417 e. The Morgan fingerprint density at radius 2 is 1.93 bits per heavy atom. The molecule has 2 fully saturated rings. The molecule has 0 unspecified atom stereocenters. The summed E-state index contributed by atoms with van der Waals surface area (Å²) in [5, 5.41) is 0. The molecule has 4 rings (SSSR count). The van der Waals surface area contributed by atoms with Gasteiger partial charge in [0.1, 0.15) is 18.5 Å². The molecule has 2 aliphatic rings. The zero-order valence-electron chi connectivity index (χ0n) is 15.3. The number of nitrogens with zero attached hydrogens (tertiary/aromatic N) is 3. The molecule has 0 radical (unpaired) electrons. The van der Waals surface area contributed by atoms with Crippen molar-refractivity contribution in [2.45, 2.75) is 24.2 Å². The summed E-state index contributed by atoms with van der Waals surface area (Å²) < 4.78 is 44.3. The van der Waals surface area contributed by atoms with E-state index < -0.39 is 17.3 Å². The van der Waals surface area contributed by atoms with Crippen molar-refractivity contribution in [3.63, 3.8) is 0 Å². The van der Waals surface area contributed by atoms with Crippen LogP contribution >= 0.6 is 0 Å². The van der Waals surface area contributed by atoms with Crippen LogP contribution < -0.4 is 4.90 Å². The Labute approximate surface area is 160 Å². The molecule has 2 atom stereocenters. The summed E-state index contributed by atoms with van der Waals surface area (Å²) in [7, 11) is 1.79. The maximum atomic E-state index is 12.8. The van der Waals surface area contributed by atoms with E-state index in [0.717, 1.165) is 17.8 Å². The Balaban J connectivity index is 1.63. The summed E-state index contributed by atoms with van der Waals surface area (Å²) in [6.45, 7) is 0.972. The van der Waals surface area contributed by atoms with Gasteiger partial charge in [0.2, 0.25) is 5.91 Å². The second-order valence-corrected chi connectivity index (χ2v) is 7.14. The van der Waals surface area contributed by atoms with Gasteiger partial charge in [-0.05, 0) is 24.1 Å². The van der Waals surface area contributed by atoms with E-state index in [1.54, 1.807) is 11.9 Å². The third kappa shape index (κ3) is 3.01. The third-order valence-corrected chi connectivity index (χ3v) is 5.74. The number of hydrogen-bond acceptors (Lipinski definition) is 4. The Kier molecular flexibility index (Phi) is 4.53. The Morgan fingerprint density at radius 1 is 1.18 bits per heavy atom. The summed E-state index contributed by atoms with van der Waals surface area (Å²) in [4.78, 5) is 20.1. The van der Waals surface area contributed by atoms with Gasteiger partial charge < -0.3 is 14.5 Å². The van der Waals surface area contributed by atoms with Crippen LogP contribution in [0.3, 0.4) is 0 Å². The fraction of sp³-hybridized carbons (Fsp3) is 0.400. The monoisotopic (exact) mass is 391 g/mol. The molecule has 3 heterocycles. The molecular formula is C20H20F3N3O2. The summed E-state index contributed by atoms with van der Waals surface area (Å²) in [5.74, 6) is 0.388. The topological polar surface area (TPSA) is 45.7 Å². The van der Waals surface area contributed by atoms with E-state index in [4.69, 9.17) is 4.74 Å². The van der Waals surface area contributed by atoms with Crippen molar-refractivity contribution >= 4 is 11.7 Å². The van der Waals surface area contributed by atoms with Gasteiger partial charge in [-0.25, -0.2) is 4.98 Å². The molecule has 2 aromatic rings. The van der Waals surface area contributed by atoms with Crippen molar-refractivity contribution in [1.29, 1.82) is 0 Å². The first-order valence-corrected chi connectivity index (χ1v) is 9.04. The maximum absolute atomic E-state index is 12.8. The van der Waals surface area contributed by atoms with E-state index >= 15 is 0 Å². The number of anilines is 1. The van der Waals surface area contributed by atoms with Crippen LogP contribution in [0.1, 0.15) is 17.5 Å². The minimum atomic E-state index is -4.41. The lowest BCUT2D eigenvalue weighted by Gasteiger charge is -2.55. The second kappa shape index (κ2) is 6.77. The quantitative estimate of drug-likeness (QED) is 0.790. The predicted molar refractivity (Wildman–Crippen MR) is 96.7 cm³/mol. The number of aromatic nitrogens is 1. The Morgan fingerprint density at radius 3 is 2.57 bits per heavy atom. The van der Waals surface area contributed by atoms with Crippen LogP contribution in [0.25, 0.3) is 0 Å². The molecule has 148 valence electrons. The number of piperidine rings is 1. The first-order chi connectivity index (χ1) is 13.3. The molecule has 5 nitrogen and oxygen atoms in total. The average molecular weight is 391 g/mol. The van der Waals surface area contributed by atoms with Crippen LogP contribution in [0.2, 0.25) is 0 Å². The minimum absolute atomic E-state index is 0.00989. The lowest BCUT2D eigenvalue weighted by molar-refractivity contribution is -0.173. The number of alkyl halides is 3. The van der Waals surface area contributed by atoms with E-state index in [9.17, 15) is 18.0 Å². The number of fused-ring (bicyclic) bond motifs is 1. The molecular weight excluding hydrogens is 371 g/mol. The molecule has 0 bridgehead atoms. The molecule has 1 amide bonds. The van der Waals surface area contributed by atoms with Gasteiger partial charge in [0.25, 0.3) is 0 Å². The highest BCUT2D eigenvalue weighted by Crippen LogP contribution is 2.43. The number of amides is 1. The second-order valence-electron chi connectivity index (χ2n) is 7.14. The summed E-state index contributed by atoms with van der Waals surface area (Å²) in [6.07, 6.45) is -3.28. The lowest BCUT2D eigenvalue weighted by atomic mass is 9.76. The van der Waals surface area contributed by atoms with Gasteiger partial charge in [0.15, 0.2) is 0 Å². The standard InChI is InChI=1S/C20H20F3N3O2/c1-25-18(27)13-28-16-12-26(17-8-7-15(11-24-17)20(21,22)23)10-9-19(16,25)14-5-3-2-4-6-14/h2-8,11,16H,9-10,12-13H2,1H3/t16-,19+/m1/s1. The van der Waals surface area contributed by atoms with Crippen LogP contribution in [-0.4, -0.2) is 48.6 Å². The molecule has 1 aromatic heterocycles. The van der Waals surface area contributed by atoms with E-state index in [1.807, 2.05) is 35.2 Å². The molecule has 2 aliphatic heterocycles. The number of ether oxygens (including phenoxy) is 1. The van der Waals surface area contributed by atoms with Gasteiger partial charge >= 0.3 is 6.18 Å². The van der Waals surface area contributed by atoms with Crippen molar-refractivity contribution in [1.82, 2.24) is 9.88 Å². The van der Waals surface area contributed by atoms with Gasteiger partial charge in [0.05, 0.1) is 11.1 Å². The van der Waals surface area contributed by atoms with Crippen molar-refractivity contribution in [3.8, 4) is 0 Å². The van der Waals surface area contributed by atoms with E-state index in [-0.39, 0.29) is 18.6 Å². The molecule has 1 aromatic carbocycles. The number of hydrogen-bond donors (Lipinski definition) is 0. The zero-order chi connectivity index (χ0) is 19.9. The number of halogens is 3. The van der Waals surface area contributed by atoms with Crippen LogP contribution in [0, 0.1) is 0 Å². The molecule has 2 saturated heterocycles. The SMILES string of the molecule is CN1C(=O)CO[C@@H]2CN(c3ccc(C(F)(F)F)cn3)CC[C@]21c1ccccc1. The predicted octanol–water partition coefficient (Wildman–Crippen LogP) is 3.06. The molecule has 0 N–H and O–H groups in total. The van der Waals surface area contributed by atoms with Crippen LogP contribution in [0.5, 0.6) is 0 Å². The number of pyridine rings is 1. The van der Waals surface area contributed by atoms with E-state index in [2.05, 4.69) is 4.98 Å². The van der Waals surface area contributed by atoms with Crippen LogP contribution in [0.15, 0.2) is 48.7 Å². The number of benzene rings is 1. The van der Waals surface area contributed by atoms with E-state index in [1.165, 1.54) is 6.07 Å². The van der Waals surface area contributed by atoms with Crippen molar-refractivity contribution in [3.05, 3.63) is 59.8 Å². The fourth-order valence-corrected chi connectivity index (χ4v) is 4.17. The van der Waals surface area contributed by atoms with E-state index in [0.29, 0.717) is 25.3 Å². The van der Waals surface area contributed by atoms with Crippen molar-refractivity contribution < 1.29 is 22.7 Å². The van der Waals surface area contributed by atoms with Gasteiger partial charge in [-0.15, -0.1) is 0 Å². The maximum Gasteiger partial charge on any atom is 0.417 e. The highest BCUT2D eigenvalue weighted by atomic mass is 19.4. The van der Waals surface area contributed by atoms with Gasteiger partial charge in [0, 0.05) is 26.3 Å². The Bertz CT molecular complexity index is 857. The first-order valence-electron chi connectivity index (χ1n) is 9.04. The number of morpholine rings is 1. The normalized spacial score (nSPS) is 25.6. The highest BCUT2D eigenvalue weighted by molar-refractivity contribution is 5.79. The Hall–Kier alpha value is -2.61. The molecule has 28 heavy (non-hydrogen) atoms. The fourth-order valence-electron chi connectivity index (χ4n) is 4.17. The first kappa shape index (κ1) is 18.7. The molecule has 0 saturated carbocycles. The lowest BCUT2D eigenvalue weighted by Crippen LogP contribution is -2.67. The summed E-state index contributed by atoms with van der Waals surface area (Å²) >= 11 is 0. The average Bonchev–Trinajstić information content (AvgIpc) is 2.71. The zero-order valence-corrected chi connectivity index (χ0v) is 15.3. The minimum Gasteiger partial charge on any atom is -0.364 e. The highest BCUT2D eigenvalue weighted by Gasteiger charge is 2.52. The summed E-state index contributed by atoms with van der Waals surface area (Å²) in [6, 6.07) is 12.2. The van der Waals surface area contributed by atoms with Crippen molar-refractivity contribution in [2.24, 2.45) is 0 Å². The third-order valence-electron chi connectivity index (χ3n) is 5.74.